The summed E-state index contributed by atoms with van der Waals surface area (Å²) in [6, 6.07) is 3.08. The number of ether oxygens (including phenoxy) is 2. The molecule has 0 saturated carbocycles. The number of nitrogens with two attached hydrogens (primary N) is 1. The van der Waals surface area contributed by atoms with Gasteiger partial charge in [0.25, 0.3) is 0 Å². The quantitative estimate of drug-likeness (QED) is 0.504. The van der Waals surface area contributed by atoms with E-state index in [1.807, 2.05) is 20.8 Å². The van der Waals surface area contributed by atoms with Crippen LogP contribution in [0, 0.1) is 0 Å². The second kappa shape index (κ2) is 5.30. The van der Waals surface area contributed by atoms with Crippen molar-refractivity contribution in [3.05, 3.63) is 23.3 Å². The third kappa shape index (κ3) is 3.47. The van der Waals surface area contributed by atoms with E-state index in [2.05, 4.69) is 4.74 Å². The van der Waals surface area contributed by atoms with Crippen LogP contribution in [0.5, 0.6) is 5.75 Å². The van der Waals surface area contributed by atoms with Crippen molar-refractivity contribution in [3.8, 4) is 5.75 Å². The molecule has 0 heterocycles. The van der Waals surface area contributed by atoms with E-state index in [0.29, 0.717) is 11.3 Å². The average molecular weight is 265 g/mol. The van der Waals surface area contributed by atoms with Crippen molar-refractivity contribution in [2.75, 3.05) is 12.8 Å². The van der Waals surface area contributed by atoms with Crippen molar-refractivity contribution < 1.29 is 19.1 Å². The maximum atomic E-state index is 11.6. The van der Waals surface area contributed by atoms with Gasteiger partial charge in [-0.15, -0.1) is 0 Å². The predicted molar refractivity (Wildman–Crippen MR) is 72.2 cm³/mol. The number of nitrogen functional groups attached to an aromatic ring is 1. The van der Waals surface area contributed by atoms with Crippen LogP contribution in [-0.2, 0) is 14.9 Å². The Bertz CT molecular complexity index is 515. The fraction of sp³-hybridized carbons (Fsp3) is 0.429. The van der Waals surface area contributed by atoms with Crippen LogP contribution in [0.25, 0.3) is 0 Å². The summed E-state index contributed by atoms with van der Waals surface area (Å²) in [4.78, 5) is 22.7. The highest BCUT2D eigenvalue weighted by Crippen LogP contribution is 2.35. The van der Waals surface area contributed by atoms with Gasteiger partial charge in [0.05, 0.1) is 18.4 Å². The zero-order chi connectivity index (χ0) is 14.8. The van der Waals surface area contributed by atoms with Crippen molar-refractivity contribution >= 4 is 17.6 Å². The molecular weight excluding hydrogens is 246 g/mol. The summed E-state index contributed by atoms with van der Waals surface area (Å²) in [5.74, 6) is -0.812. The molecule has 104 valence electrons. The van der Waals surface area contributed by atoms with Gasteiger partial charge in [0.1, 0.15) is 0 Å². The molecule has 1 aromatic rings. The molecule has 2 N–H and O–H groups in total. The van der Waals surface area contributed by atoms with Crippen molar-refractivity contribution in [2.45, 2.75) is 33.1 Å². The fourth-order valence-electron chi connectivity index (χ4n) is 1.72. The van der Waals surface area contributed by atoms with Crippen LogP contribution >= 0.6 is 0 Å². The van der Waals surface area contributed by atoms with Crippen LogP contribution < -0.4 is 10.5 Å². The third-order valence-electron chi connectivity index (χ3n) is 2.62. The van der Waals surface area contributed by atoms with E-state index in [1.54, 1.807) is 6.07 Å². The van der Waals surface area contributed by atoms with Gasteiger partial charge in [0.2, 0.25) is 0 Å². The number of carbonyl (C=O) groups excluding carboxylic acids is 2. The number of methoxy groups -OCH3 is 1. The highest BCUT2D eigenvalue weighted by molar-refractivity contribution is 5.92. The van der Waals surface area contributed by atoms with E-state index in [1.165, 1.54) is 20.1 Å². The fourth-order valence-corrected chi connectivity index (χ4v) is 1.72. The summed E-state index contributed by atoms with van der Waals surface area (Å²) in [6.45, 7) is 7.15. The van der Waals surface area contributed by atoms with Crippen LogP contribution in [0.4, 0.5) is 5.69 Å². The maximum Gasteiger partial charge on any atom is 0.337 e. The second-order valence-electron chi connectivity index (χ2n) is 5.27. The van der Waals surface area contributed by atoms with E-state index >= 15 is 0 Å². The molecule has 5 heteroatoms. The van der Waals surface area contributed by atoms with Crippen molar-refractivity contribution in [1.82, 2.24) is 0 Å². The Hall–Kier alpha value is -2.04. The SMILES string of the molecule is COC(=O)c1cc(OC(C)=O)c(N)c(C(C)(C)C)c1. The lowest BCUT2D eigenvalue weighted by Crippen LogP contribution is -2.17. The highest BCUT2D eigenvalue weighted by Gasteiger charge is 2.23. The first kappa shape index (κ1) is 15.0. The van der Waals surface area contributed by atoms with Crippen molar-refractivity contribution in [2.24, 2.45) is 0 Å². The molecule has 5 nitrogen and oxygen atoms in total. The molecule has 0 atom stereocenters. The van der Waals surface area contributed by atoms with E-state index in [9.17, 15) is 9.59 Å². The Labute approximate surface area is 112 Å². The molecule has 0 radical (unpaired) electrons. The van der Waals surface area contributed by atoms with Crippen molar-refractivity contribution in [3.63, 3.8) is 0 Å². The summed E-state index contributed by atoms with van der Waals surface area (Å²) in [5, 5.41) is 0. The van der Waals surface area contributed by atoms with Crippen LogP contribution in [0.3, 0.4) is 0 Å². The molecule has 0 bridgehead atoms. The molecule has 0 unspecified atom stereocenters. The number of anilines is 1. The Balaban J connectivity index is 3.47. The van der Waals surface area contributed by atoms with Gasteiger partial charge >= 0.3 is 11.9 Å². The lowest BCUT2D eigenvalue weighted by molar-refractivity contribution is -0.131. The molecule has 1 rings (SSSR count). The predicted octanol–water partition coefficient (Wildman–Crippen LogP) is 2.28. The normalized spacial score (nSPS) is 11.0. The number of esters is 2. The van der Waals surface area contributed by atoms with Crippen LogP contribution in [0.1, 0.15) is 43.6 Å². The molecule has 1 aromatic carbocycles. The lowest BCUT2D eigenvalue weighted by atomic mass is 9.84. The van der Waals surface area contributed by atoms with E-state index in [-0.39, 0.29) is 11.2 Å². The van der Waals surface area contributed by atoms with Gasteiger partial charge in [-0.1, -0.05) is 20.8 Å². The lowest BCUT2D eigenvalue weighted by Gasteiger charge is -2.23. The van der Waals surface area contributed by atoms with Gasteiger partial charge in [-0.05, 0) is 23.1 Å². The molecule has 0 fully saturated rings. The molecule has 0 aliphatic heterocycles. The zero-order valence-corrected chi connectivity index (χ0v) is 11.9. The smallest absolute Gasteiger partial charge is 0.337 e. The minimum absolute atomic E-state index is 0.181. The minimum Gasteiger partial charge on any atom is -0.465 e. The Kier molecular flexibility index (Phi) is 4.19. The highest BCUT2D eigenvalue weighted by atomic mass is 16.5. The first-order chi connectivity index (χ1) is 8.66. The summed E-state index contributed by atoms with van der Waals surface area (Å²) < 4.78 is 9.73. The molecule has 19 heavy (non-hydrogen) atoms. The molecular formula is C14H19NO4. The Morgan fingerprint density at radius 1 is 1.21 bits per heavy atom. The Morgan fingerprint density at radius 3 is 2.21 bits per heavy atom. The van der Waals surface area contributed by atoms with E-state index < -0.39 is 11.9 Å². The van der Waals surface area contributed by atoms with Crippen LogP contribution in [0.15, 0.2) is 12.1 Å². The molecule has 0 amide bonds. The van der Waals surface area contributed by atoms with E-state index in [0.717, 1.165) is 5.56 Å². The van der Waals surface area contributed by atoms with Crippen LogP contribution in [-0.4, -0.2) is 19.0 Å². The van der Waals surface area contributed by atoms with Gasteiger partial charge in [0, 0.05) is 6.92 Å². The topological polar surface area (TPSA) is 78.6 Å². The summed E-state index contributed by atoms with van der Waals surface area (Å²) in [6.07, 6.45) is 0. The monoisotopic (exact) mass is 265 g/mol. The molecule has 0 aromatic heterocycles. The van der Waals surface area contributed by atoms with E-state index in [4.69, 9.17) is 10.5 Å². The number of carbonyl (C=O) groups is 2. The first-order valence-corrected chi connectivity index (χ1v) is 5.87. The Morgan fingerprint density at radius 2 is 1.79 bits per heavy atom. The largest absolute Gasteiger partial charge is 0.465 e. The first-order valence-electron chi connectivity index (χ1n) is 5.87. The second-order valence-corrected chi connectivity index (χ2v) is 5.27. The third-order valence-corrected chi connectivity index (χ3v) is 2.62. The number of rotatable bonds is 2. The van der Waals surface area contributed by atoms with Gasteiger partial charge in [-0.25, -0.2) is 4.79 Å². The number of hydrogen-bond donors (Lipinski definition) is 1. The van der Waals surface area contributed by atoms with Gasteiger partial charge in [-0.3, -0.25) is 4.79 Å². The number of benzene rings is 1. The standard InChI is InChI=1S/C14H19NO4/c1-8(16)19-11-7-9(13(17)18-5)6-10(12(11)15)14(2,3)4/h6-7H,15H2,1-5H3. The number of hydrogen-bond acceptors (Lipinski definition) is 5. The maximum absolute atomic E-state index is 11.6. The molecule has 0 spiro atoms. The van der Waals surface area contributed by atoms with Crippen molar-refractivity contribution in [1.29, 1.82) is 0 Å². The molecule has 0 aliphatic rings. The summed E-state index contributed by atoms with van der Waals surface area (Å²) in [7, 11) is 1.29. The summed E-state index contributed by atoms with van der Waals surface area (Å²) in [5.41, 5.74) is 7.10. The van der Waals surface area contributed by atoms with Gasteiger partial charge < -0.3 is 15.2 Å². The summed E-state index contributed by atoms with van der Waals surface area (Å²) >= 11 is 0. The zero-order valence-electron chi connectivity index (χ0n) is 11.9. The van der Waals surface area contributed by atoms with Gasteiger partial charge in [0.15, 0.2) is 5.75 Å². The molecule has 0 saturated heterocycles. The van der Waals surface area contributed by atoms with Gasteiger partial charge in [-0.2, -0.15) is 0 Å². The minimum atomic E-state index is -0.501. The average Bonchev–Trinajstić information content (AvgIpc) is 2.28. The molecule has 0 aliphatic carbocycles. The van der Waals surface area contributed by atoms with Crippen LogP contribution in [0.2, 0.25) is 0 Å².